The lowest BCUT2D eigenvalue weighted by Gasteiger charge is -2.11. The van der Waals surface area contributed by atoms with Crippen LogP contribution in [-0.2, 0) is 10.0 Å². The zero-order valence-corrected chi connectivity index (χ0v) is 18.0. The van der Waals surface area contributed by atoms with Gasteiger partial charge in [0.2, 0.25) is 0 Å². The van der Waals surface area contributed by atoms with Gasteiger partial charge in [0.25, 0.3) is 10.0 Å². The molecule has 0 aliphatic carbocycles. The van der Waals surface area contributed by atoms with E-state index >= 15 is 0 Å². The number of H-pyrrole nitrogens is 1. The summed E-state index contributed by atoms with van der Waals surface area (Å²) in [5.41, 5.74) is 1.67. The van der Waals surface area contributed by atoms with Crippen LogP contribution in [0.1, 0.15) is 5.82 Å². The number of rotatable bonds is 6. The van der Waals surface area contributed by atoms with Gasteiger partial charge in [0.15, 0.2) is 11.4 Å². The maximum atomic E-state index is 12.7. The molecule has 3 heterocycles. The topological polar surface area (TPSA) is 148 Å². The molecule has 0 saturated heterocycles. The van der Waals surface area contributed by atoms with Gasteiger partial charge in [0, 0.05) is 29.8 Å². The average Bonchev–Trinajstić information content (AvgIpc) is 3.43. The molecule has 0 fully saturated rings. The van der Waals surface area contributed by atoms with Gasteiger partial charge in [0.05, 0.1) is 10.4 Å². The lowest BCUT2D eigenvalue weighted by Crippen LogP contribution is -2.12. The summed E-state index contributed by atoms with van der Waals surface area (Å²) in [6.07, 6.45) is 3.45. The largest absolute Gasteiger partial charge is 0.417 e. The fraction of sp³-hybridized carbons (Fsp3) is 0.0476. The van der Waals surface area contributed by atoms with Crippen molar-refractivity contribution >= 4 is 38.3 Å². The van der Waals surface area contributed by atoms with Crippen LogP contribution in [-0.4, -0.2) is 33.2 Å². The molecule has 0 aliphatic rings. The van der Waals surface area contributed by atoms with Crippen LogP contribution >= 0.6 is 0 Å². The van der Waals surface area contributed by atoms with Crippen molar-refractivity contribution in [1.82, 2.24) is 24.7 Å². The maximum Gasteiger partial charge on any atom is 0.417 e. The van der Waals surface area contributed by atoms with Crippen LogP contribution in [0.2, 0.25) is 0 Å². The monoisotopic (exact) mass is 463 g/mol. The highest BCUT2D eigenvalue weighted by molar-refractivity contribution is 7.92. The fourth-order valence-corrected chi connectivity index (χ4v) is 4.30. The molecular formula is C21H17N7O4S. The highest BCUT2D eigenvalue weighted by Crippen LogP contribution is 2.23. The first-order valence-corrected chi connectivity index (χ1v) is 11.2. The molecule has 0 amide bonds. The first-order valence-electron chi connectivity index (χ1n) is 9.74. The van der Waals surface area contributed by atoms with Gasteiger partial charge in [-0.15, -0.1) is 0 Å². The summed E-state index contributed by atoms with van der Waals surface area (Å²) in [6.45, 7) is 1.78. The highest BCUT2D eigenvalue weighted by Gasteiger charge is 2.16. The Morgan fingerprint density at radius 3 is 2.58 bits per heavy atom. The number of anilines is 3. The van der Waals surface area contributed by atoms with Crippen molar-refractivity contribution in [3.8, 4) is 5.82 Å². The third-order valence-corrected chi connectivity index (χ3v) is 6.05. The number of benzene rings is 2. The van der Waals surface area contributed by atoms with Crippen molar-refractivity contribution in [2.24, 2.45) is 0 Å². The van der Waals surface area contributed by atoms with Gasteiger partial charge in [-0.25, -0.2) is 27.9 Å². The van der Waals surface area contributed by atoms with Gasteiger partial charge in [-0.3, -0.25) is 9.71 Å². The minimum atomic E-state index is -3.87. The molecule has 0 spiro atoms. The minimum absolute atomic E-state index is 0.00290. The van der Waals surface area contributed by atoms with Crippen LogP contribution in [0.3, 0.4) is 0 Å². The van der Waals surface area contributed by atoms with Crippen LogP contribution < -0.4 is 15.8 Å². The van der Waals surface area contributed by atoms with Crippen molar-refractivity contribution in [3.63, 3.8) is 0 Å². The predicted octanol–water partition coefficient (Wildman–Crippen LogP) is 2.95. The van der Waals surface area contributed by atoms with Gasteiger partial charge >= 0.3 is 5.76 Å². The van der Waals surface area contributed by atoms with E-state index in [0.29, 0.717) is 34.4 Å². The van der Waals surface area contributed by atoms with Crippen molar-refractivity contribution in [1.29, 1.82) is 0 Å². The molecule has 5 aromatic rings. The Labute approximate surface area is 187 Å². The second-order valence-corrected chi connectivity index (χ2v) is 8.77. The maximum absolute atomic E-state index is 12.7. The SMILES string of the molecule is Cc1nc(Nc2ccc(NS(=O)(=O)c3ccc4oc(=O)[nH]c4c3)cc2)cc(-n2cccn2)n1. The Kier molecular flexibility index (Phi) is 4.90. The summed E-state index contributed by atoms with van der Waals surface area (Å²) in [6, 6.07) is 14.4. The van der Waals surface area contributed by atoms with E-state index < -0.39 is 15.8 Å². The van der Waals surface area contributed by atoms with E-state index in [9.17, 15) is 13.2 Å². The molecular weight excluding hydrogens is 446 g/mol. The number of aryl methyl sites for hydroxylation is 1. The summed E-state index contributed by atoms with van der Waals surface area (Å²) < 4.78 is 34.5. The average molecular weight is 463 g/mol. The van der Waals surface area contributed by atoms with Crippen molar-refractivity contribution < 1.29 is 12.8 Å². The van der Waals surface area contributed by atoms with E-state index in [2.05, 4.69) is 30.1 Å². The van der Waals surface area contributed by atoms with E-state index in [0.717, 1.165) is 0 Å². The summed E-state index contributed by atoms with van der Waals surface area (Å²) in [5.74, 6) is 1.12. The molecule has 33 heavy (non-hydrogen) atoms. The third-order valence-electron chi connectivity index (χ3n) is 4.67. The summed E-state index contributed by atoms with van der Waals surface area (Å²) in [4.78, 5) is 22.5. The van der Waals surface area contributed by atoms with Crippen LogP contribution in [0.15, 0.2) is 81.1 Å². The molecule has 0 unspecified atom stereocenters. The molecule has 5 rings (SSSR count). The molecule has 3 aromatic heterocycles. The number of oxazole rings is 1. The van der Waals surface area contributed by atoms with E-state index in [-0.39, 0.29) is 10.5 Å². The van der Waals surface area contributed by atoms with E-state index in [4.69, 9.17) is 4.42 Å². The molecule has 3 N–H and O–H groups in total. The Morgan fingerprint density at radius 2 is 1.82 bits per heavy atom. The predicted molar refractivity (Wildman–Crippen MR) is 121 cm³/mol. The molecule has 166 valence electrons. The zero-order chi connectivity index (χ0) is 23.0. The smallest absolute Gasteiger partial charge is 0.408 e. The van der Waals surface area contributed by atoms with Crippen LogP contribution in [0, 0.1) is 6.92 Å². The van der Waals surface area contributed by atoms with Crippen LogP contribution in [0.25, 0.3) is 16.9 Å². The standard InChI is InChI=1S/C21H17N7O4S/c1-13-23-19(12-20(24-13)28-10-2-9-22-28)25-14-3-5-15(6-4-14)27-33(30,31)16-7-8-18-17(11-16)26-21(29)32-18/h2-12,27H,1H3,(H,26,29)(H,23,24,25). The normalized spacial score (nSPS) is 11.5. The van der Waals surface area contributed by atoms with Crippen LogP contribution in [0.4, 0.5) is 17.2 Å². The van der Waals surface area contributed by atoms with Crippen molar-refractivity contribution in [3.05, 3.63) is 83.4 Å². The quantitative estimate of drug-likeness (QED) is 0.348. The second-order valence-electron chi connectivity index (χ2n) is 7.09. The van der Waals surface area contributed by atoms with Crippen molar-refractivity contribution in [2.75, 3.05) is 10.0 Å². The molecule has 11 nitrogen and oxygen atoms in total. The highest BCUT2D eigenvalue weighted by atomic mass is 32.2. The van der Waals surface area contributed by atoms with Gasteiger partial charge in [-0.05, 0) is 55.5 Å². The lowest BCUT2D eigenvalue weighted by atomic mass is 10.3. The van der Waals surface area contributed by atoms with Crippen LogP contribution in [0.5, 0.6) is 0 Å². The number of nitrogens with zero attached hydrogens (tertiary/aromatic N) is 4. The molecule has 0 radical (unpaired) electrons. The Hall–Kier alpha value is -4.45. The summed E-state index contributed by atoms with van der Waals surface area (Å²) in [5, 5.41) is 7.35. The fourth-order valence-electron chi connectivity index (χ4n) is 3.22. The van der Waals surface area contributed by atoms with Gasteiger partial charge in [-0.2, -0.15) is 5.10 Å². The van der Waals surface area contributed by atoms with E-state index in [1.807, 2.05) is 0 Å². The van der Waals surface area contributed by atoms with Crippen molar-refractivity contribution in [2.45, 2.75) is 11.8 Å². The Bertz CT molecular complexity index is 1600. The number of hydrogen-bond acceptors (Lipinski definition) is 8. The molecule has 0 bridgehead atoms. The molecule has 12 heteroatoms. The van der Waals surface area contributed by atoms with Gasteiger partial charge in [0.1, 0.15) is 11.6 Å². The molecule has 0 atom stereocenters. The summed E-state index contributed by atoms with van der Waals surface area (Å²) in [7, 11) is -3.87. The third kappa shape index (κ3) is 4.32. The molecule has 0 aliphatic heterocycles. The Balaban J connectivity index is 1.34. The number of hydrogen-bond donors (Lipinski definition) is 3. The number of fused-ring (bicyclic) bond motifs is 1. The Morgan fingerprint density at radius 1 is 1.03 bits per heavy atom. The second kappa shape index (κ2) is 7.91. The summed E-state index contributed by atoms with van der Waals surface area (Å²) >= 11 is 0. The lowest BCUT2D eigenvalue weighted by molar-refractivity contribution is 0.555. The zero-order valence-electron chi connectivity index (χ0n) is 17.2. The van der Waals surface area contributed by atoms with E-state index in [1.54, 1.807) is 60.4 Å². The number of sulfonamides is 1. The number of aromatic nitrogens is 5. The molecule has 0 saturated carbocycles. The van der Waals surface area contributed by atoms with Gasteiger partial charge in [-0.1, -0.05) is 0 Å². The number of nitrogens with one attached hydrogen (secondary N) is 3. The first kappa shape index (κ1) is 20.5. The number of aromatic amines is 1. The molecule has 2 aromatic carbocycles. The van der Waals surface area contributed by atoms with Gasteiger partial charge < -0.3 is 9.73 Å². The minimum Gasteiger partial charge on any atom is -0.408 e. The first-order chi connectivity index (χ1) is 15.9. The van der Waals surface area contributed by atoms with E-state index in [1.165, 1.54) is 18.2 Å².